The van der Waals surface area contributed by atoms with Gasteiger partial charge in [-0.3, -0.25) is 9.88 Å². The van der Waals surface area contributed by atoms with E-state index in [0.29, 0.717) is 37.6 Å². The summed E-state index contributed by atoms with van der Waals surface area (Å²) in [5.74, 6) is 0.436. The van der Waals surface area contributed by atoms with Crippen LogP contribution in [0.1, 0.15) is 34.1 Å². The van der Waals surface area contributed by atoms with E-state index in [2.05, 4.69) is 25.4 Å². The molecule has 1 aliphatic rings. The van der Waals surface area contributed by atoms with Gasteiger partial charge in [-0.25, -0.2) is 9.89 Å². The largest absolute Gasteiger partial charge is 0.416 e. The first kappa shape index (κ1) is 31.6. The molecule has 1 aliphatic heterocycles. The van der Waals surface area contributed by atoms with E-state index in [4.69, 9.17) is 4.74 Å². The van der Waals surface area contributed by atoms with E-state index < -0.39 is 35.8 Å². The third-order valence-electron chi connectivity index (χ3n) is 5.84. The number of nitrogens with zero attached hydrogens (tertiary/aromatic N) is 2. The first-order chi connectivity index (χ1) is 17.0. The molecule has 7 nitrogen and oxygen atoms in total. The molecule has 2 unspecified atom stereocenters. The van der Waals surface area contributed by atoms with E-state index in [1.165, 1.54) is 0 Å². The van der Waals surface area contributed by atoms with Crippen LogP contribution in [-0.4, -0.2) is 45.8 Å². The molecule has 0 amide bonds. The smallest absolute Gasteiger partial charge is 0.375 e. The minimum atomic E-state index is -4.92. The van der Waals surface area contributed by atoms with E-state index in [-0.39, 0.29) is 55.1 Å². The van der Waals surface area contributed by atoms with Crippen LogP contribution in [0, 0.1) is 0 Å². The fourth-order valence-electron chi connectivity index (χ4n) is 4.30. The first-order valence-corrected chi connectivity index (χ1v) is 11.0. The van der Waals surface area contributed by atoms with E-state index in [1.807, 2.05) is 30.3 Å². The number of H-pyrrole nitrogens is 2. The van der Waals surface area contributed by atoms with Crippen molar-refractivity contribution in [1.29, 1.82) is 0 Å². The van der Waals surface area contributed by atoms with Crippen molar-refractivity contribution in [2.24, 2.45) is 0 Å². The maximum Gasteiger partial charge on any atom is 0.416 e. The van der Waals surface area contributed by atoms with Gasteiger partial charge in [-0.1, -0.05) is 30.3 Å². The summed E-state index contributed by atoms with van der Waals surface area (Å²) < 4.78 is 84.6. The minimum Gasteiger partial charge on any atom is -0.375 e. The first-order valence-electron chi connectivity index (χ1n) is 11.0. The summed E-state index contributed by atoms with van der Waals surface area (Å²) >= 11 is 0. The molecule has 3 N–H and O–H groups in total. The van der Waals surface area contributed by atoms with Crippen LogP contribution in [0.2, 0.25) is 0 Å². The van der Waals surface area contributed by atoms with Gasteiger partial charge in [0.05, 0.1) is 43.0 Å². The van der Waals surface area contributed by atoms with Crippen LogP contribution in [0.5, 0.6) is 0 Å². The van der Waals surface area contributed by atoms with E-state index >= 15 is 0 Å². The Hall–Kier alpha value is -2.58. The Morgan fingerprint density at radius 2 is 1.61 bits per heavy atom. The Bertz CT molecular complexity index is 1190. The number of nitrogens with one attached hydrogen (secondary N) is 3. The predicted octanol–water partition coefficient (Wildman–Crippen LogP) is 4.71. The van der Waals surface area contributed by atoms with Gasteiger partial charge in [0.2, 0.25) is 0 Å². The quantitative estimate of drug-likeness (QED) is 0.349. The van der Waals surface area contributed by atoms with Crippen molar-refractivity contribution < 1.29 is 31.1 Å². The molecule has 0 bridgehead atoms. The summed E-state index contributed by atoms with van der Waals surface area (Å²) in [4.78, 5) is 16.1. The molecule has 1 fully saturated rings. The molecule has 2 aromatic carbocycles. The van der Waals surface area contributed by atoms with Crippen molar-refractivity contribution in [2.45, 2.75) is 37.6 Å². The number of halogens is 8. The molecule has 15 heteroatoms. The van der Waals surface area contributed by atoms with Gasteiger partial charge in [0.25, 0.3) is 0 Å². The van der Waals surface area contributed by atoms with Gasteiger partial charge in [-0.2, -0.15) is 31.4 Å². The number of benzene rings is 2. The number of hydrogen-bond acceptors (Lipinski definition) is 5. The molecule has 2 heterocycles. The summed E-state index contributed by atoms with van der Waals surface area (Å²) in [5, 5.41) is 9.59. The van der Waals surface area contributed by atoms with Gasteiger partial charge < -0.3 is 10.1 Å². The third-order valence-corrected chi connectivity index (χ3v) is 5.84. The Morgan fingerprint density at radius 1 is 0.974 bits per heavy atom. The molecule has 0 radical (unpaired) electrons. The molecule has 1 aromatic heterocycles. The summed E-state index contributed by atoms with van der Waals surface area (Å²) in [5.41, 5.74) is -2.50. The number of hydrogen-bond donors (Lipinski definition) is 3. The molecule has 0 spiro atoms. The van der Waals surface area contributed by atoms with Crippen molar-refractivity contribution >= 4 is 24.8 Å². The van der Waals surface area contributed by atoms with Crippen molar-refractivity contribution in [3.05, 3.63) is 87.1 Å². The van der Waals surface area contributed by atoms with Crippen LogP contribution in [0.3, 0.4) is 0 Å². The molecule has 38 heavy (non-hydrogen) atoms. The fraction of sp³-hybridized carbons (Fsp3) is 0.391. The second kappa shape index (κ2) is 13.0. The lowest BCUT2D eigenvalue weighted by Crippen LogP contribution is -2.54. The fourth-order valence-corrected chi connectivity index (χ4v) is 4.30. The van der Waals surface area contributed by atoms with Gasteiger partial charge >= 0.3 is 18.0 Å². The molecule has 4 rings (SSSR count). The van der Waals surface area contributed by atoms with Crippen LogP contribution >= 0.6 is 24.8 Å². The van der Waals surface area contributed by atoms with Crippen molar-refractivity contribution in [3.8, 4) is 0 Å². The van der Waals surface area contributed by atoms with Crippen molar-refractivity contribution in [1.82, 2.24) is 25.4 Å². The maximum absolute atomic E-state index is 13.2. The number of aromatic nitrogens is 3. The van der Waals surface area contributed by atoms with E-state index in [1.54, 1.807) is 0 Å². The van der Waals surface area contributed by atoms with Crippen molar-refractivity contribution in [3.63, 3.8) is 0 Å². The van der Waals surface area contributed by atoms with Crippen LogP contribution in [0.15, 0.2) is 53.3 Å². The zero-order valence-corrected chi connectivity index (χ0v) is 21.2. The average molecular weight is 588 g/mol. The Kier molecular flexibility index (Phi) is 10.8. The van der Waals surface area contributed by atoms with Gasteiger partial charge in [0.15, 0.2) is 0 Å². The lowest BCUT2D eigenvalue weighted by molar-refractivity contribution is -0.143. The molecule has 3 aromatic rings. The van der Waals surface area contributed by atoms with Crippen molar-refractivity contribution in [2.75, 3.05) is 19.7 Å². The van der Waals surface area contributed by atoms with E-state index in [0.717, 1.165) is 5.56 Å². The van der Waals surface area contributed by atoms with Crippen LogP contribution in [-0.2, 0) is 30.2 Å². The topological polar surface area (TPSA) is 86.0 Å². The molecule has 0 aliphatic carbocycles. The van der Waals surface area contributed by atoms with E-state index in [9.17, 15) is 31.1 Å². The monoisotopic (exact) mass is 587 g/mol. The average Bonchev–Trinajstić information content (AvgIpc) is 3.23. The molecule has 1 saturated heterocycles. The van der Waals surface area contributed by atoms with Gasteiger partial charge in [0.1, 0.15) is 5.82 Å². The summed E-state index contributed by atoms with van der Waals surface area (Å²) in [6.07, 6.45) is -9.85. The normalized spacial score (nSPS) is 18.5. The van der Waals surface area contributed by atoms with Gasteiger partial charge in [0, 0.05) is 13.1 Å². The Labute approximate surface area is 225 Å². The second-order valence-corrected chi connectivity index (χ2v) is 8.44. The second-order valence-electron chi connectivity index (χ2n) is 8.44. The highest BCUT2D eigenvalue weighted by molar-refractivity contribution is 5.85. The Morgan fingerprint density at radius 3 is 2.16 bits per heavy atom. The number of aromatic amines is 2. The van der Waals surface area contributed by atoms with Crippen LogP contribution in [0.4, 0.5) is 26.3 Å². The Balaban J connectivity index is 0.00000253. The summed E-state index contributed by atoms with van der Waals surface area (Å²) in [7, 11) is 0. The standard InChI is InChI=1S/C23H23F6N5O2.2ClH/c24-22(25,26)16-8-14(9-17(10-16)23(27,28)29)12-36-13-18-20(15-4-2-1-3-5-15)34(7-6-30-18)11-19-31-21(35)33-32-19;;/h1-5,8-10,18,20,30H,6-7,11-13H2,(H2,31,32,33,35);2*1H. The number of alkyl halides is 6. The molecule has 2 atom stereocenters. The zero-order chi connectivity index (χ0) is 25.9. The minimum absolute atomic E-state index is 0. The molecular formula is C23H25Cl2F6N5O2. The number of rotatable bonds is 7. The number of ether oxygens (including phenoxy) is 1. The summed E-state index contributed by atoms with van der Waals surface area (Å²) in [6.45, 7) is 1.06. The van der Waals surface area contributed by atoms with Crippen LogP contribution < -0.4 is 11.0 Å². The van der Waals surface area contributed by atoms with Gasteiger partial charge in [-0.15, -0.1) is 24.8 Å². The zero-order valence-electron chi connectivity index (χ0n) is 19.6. The number of piperazine rings is 1. The summed E-state index contributed by atoms with van der Waals surface area (Å²) in [6, 6.07) is 10.2. The molecule has 0 saturated carbocycles. The molecule has 210 valence electrons. The lowest BCUT2D eigenvalue weighted by Gasteiger charge is -2.41. The SMILES string of the molecule is Cl.Cl.O=c1[nH]nc(CN2CCNC(COCc3cc(C(F)(F)F)cc(C(F)(F)F)c3)C2c2ccccc2)[nH]1. The highest BCUT2D eigenvalue weighted by Gasteiger charge is 2.37. The highest BCUT2D eigenvalue weighted by Crippen LogP contribution is 2.36. The predicted molar refractivity (Wildman–Crippen MR) is 131 cm³/mol. The van der Waals surface area contributed by atoms with Gasteiger partial charge in [-0.05, 0) is 29.3 Å². The lowest BCUT2D eigenvalue weighted by atomic mass is 9.95. The highest BCUT2D eigenvalue weighted by atomic mass is 35.5. The third kappa shape index (κ3) is 7.96. The van der Waals surface area contributed by atoms with Crippen LogP contribution in [0.25, 0.3) is 0 Å². The maximum atomic E-state index is 13.2. The molecular weight excluding hydrogens is 563 g/mol.